The van der Waals surface area contributed by atoms with Crippen molar-refractivity contribution in [3.63, 3.8) is 0 Å². The van der Waals surface area contributed by atoms with Crippen LogP contribution >= 0.6 is 0 Å². The number of unbranched alkanes of at least 4 members (excludes halogenated alkanes) is 3. The lowest BCUT2D eigenvalue weighted by molar-refractivity contribution is 0.0600. The maximum Gasteiger partial charge on any atom is 0.339 e. The molecule has 0 heterocycles. The molecule has 22 heavy (non-hydrogen) atoms. The van der Waals surface area contributed by atoms with Crippen molar-refractivity contribution in [3.8, 4) is 6.07 Å². The number of sulfone groups is 1. The molecule has 5 nitrogen and oxygen atoms in total. The Morgan fingerprint density at radius 3 is 2.45 bits per heavy atom. The maximum atomic E-state index is 12.0. The average molecular weight is 323 g/mol. The molecule has 0 fully saturated rings. The van der Waals surface area contributed by atoms with E-state index in [0.29, 0.717) is 12.0 Å². The molecule has 0 amide bonds. The molecular weight excluding hydrogens is 302 g/mol. The van der Waals surface area contributed by atoms with Crippen LogP contribution in [-0.2, 0) is 21.0 Å². The fourth-order valence-corrected chi connectivity index (χ4v) is 3.25. The van der Waals surface area contributed by atoms with Crippen LogP contribution in [0.5, 0.6) is 0 Å². The first-order valence-corrected chi connectivity index (χ1v) is 9.09. The average Bonchev–Trinajstić information content (AvgIpc) is 2.49. The summed E-state index contributed by atoms with van der Waals surface area (Å²) in [5.41, 5.74) is 0.718. The smallest absolute Gasteiger partial charge is 0.339 e. The molecule has 6 heteroatoms. The summed E-state index contributed by atoms with van der Waals surface area (Å²) in [7, 11) is -2.29. The van der Waals surface area contributed by atoms with Gasteiger partial charge in [-0.15, -0.1) is 0 Å². The largest absolute Gasteiger partial charge is 0.465 e. The van der Waals surface area contributed by atoms with E-state index < -0.39 is 15.8 Å². The second-order valence-corrected chi connectivity index (χ2v) is 7.18. The number of carbonyl (C=O) groups excluding carboxylic acids is 1. The number of hydrogen-bond acceptors (Lipinski definition) is 5. The van der Waals surface area contributed by atoms with E-state index in [9.17, 15) is 18.5 Å². The molecule has 0 radical (unpaired) electrons. The summed E-state index contributed by atoms with van der Waals surface area (Å²) in [6, 6.07) is 4.69. The van der Waals surface area contributed by atoms with Crippen molar-refractivity contribution in [2.24, 2.45) is 0 Å². The van der Waals surface area contributed by atoms with E-state index in [-0.39, 0.29) is 16.0 Å². The Labute approximate surface area is 131 Å². The lowest BCUT2D eigenvalue weighted by Crippen LogP contribution is -2.10. The zero-order valence-electron chi connectivity index (χ0n) is 13.2. The Balaban J connectivity index is 3.30. The third-order valence-electron chi connectivity index (χ3n) is 3.43. The van der Waals surface area contributed by atoms with Crippen LogP contribution < -0.4 is 0 Å². The number of nitrogens with zero attached hydrogens (tertiary/aromatic N) is 1. The minimum Gasteiger partial charge on any atom is -0.465 e. The van der Waals surface area contributed by atoms with Gasteiger partial charge in [-0.25, -0.2) is 13.2 Å². The highest BCUT2D eigenvalue weighted by Gasteiger charge is 2.21. The van der Waals surface area contributed by atoms with Crippen LogP contribution in [0, 0.1) is 11.3 Å². The summed E-state index contributed by atoms with van der Waals surface area (Å²) in [5.74, 6) is -0.709. The molecular formula is C16H21NO4S. The summed E-state index contributed by atoms with van der Waals surface area (Å²) in [5, 5.41) is 9.18. The third-order valence-corrected chi connectivity index (χ3v) is 4.60. The van der Waals surface area contributed by atoms with E-state index in [1.54, 1.807) is 0 Å². The van der Waals surface area contributed by atoms with Crippen LogP contribution in [0.15, 0.2) is 17.0 Å². The summed E-state index contributed by atoms with van der Waals surface area (Å²) < 4.78 is 28.6. The van der Waals surface area contributed by atoms with Crippen LogP contribution in [-0.4, -0.2) is 27.8 Å². The first kappa shape index (κ1) is 18.2. The van der Waals surface area contributed by atoms with Crippen LogP contribution in [0.2, 0.25) is 0 Å². The molecule has 120 valence electrons. The number of hydrogen-bond donors (Lipinski definition) is 0. The van der Waals surface area contributed by atoms with Gasteiger partial charge in [-0.3, -0.25) is 0 Å². The number of aryl methyl sites for hydroxylation is 1. The van der Waals surface area contributed by atoms with E-state index >= 15 is 0 Å². The van der Waals surface area contributed by atoms with Gasteiger partial charge in [-0.05, 0) is 30.5 Å². The van der Waals surface area contributed by atoms with Crippen LogP contribution in [0.3, 0.4) is 0 Å². The first-order valence-electron chi connectivity index (χ1n) is 7.20. The van der Waals surface area contributed by atoms with Crippen molar-refractivity contribution in [2.45, 2.75) is 43.9 Å². The van der Waals surface area contributed by atoms with Gasteiger partial charge in [0.15, 0.2) is 9.84 Å². The molecule has 0 bridgehead atoms. The molecule has 0 unspecified atom stereocenters. The van der Waals surface area contributed by atoms with Gasteiger partial charge in [0.25, 0.3) is 0 Å². The normalized spacial score (nSPS) is 11.0. The van der Waals surface area contributed by atoms with E-state index in [2.05, 4.69) is 11.7 Å². The van der Waals surface area contributed by atoms with E-state index in [4.69, 9.17) is 0 Å². The summed E-state index contributed by atoms with van der Waals surface area (Å²) >= 11 is 0. The van der Waals surface area contributed by atoms with Gasteiger partial charge in [0.1, 0.15) is 6.07 Å². The Morgan fingerprint density at radius 2 is 1.95 bits per heavy atom. The van der Waals surface area contributed by atoms with Crippen molar-refractivity contribution in [2.75, 3.05) is 13.4 Å². The molecule has 0 aliphatic carbocycles. The summed E-state index contributed by atoms with van der Waals surface area (Å²) in [6.07, 6.45) is 5.69. The van der Waals surface area contributed by atoms with Crippen LogP contribution in [0.1, 0.15) is 54.1 Å². The number of carbonyl (C=O) groups is 1. The van der Waals surface area contributed by atoms with Crippen molar-refractivity contribution < 1.29 is 17.9 Å². The number of esters is 1. The number of methoxy groups -OCH3 is 1. The Kier molecular flexibility index (Phi) is 6.57. The molecule has 0 aliphatic rings. The number of rotatable bonds is 7. The zero-order chi connectivity index (χ0) is 16.8. The zero-order valence-corrected chi connectivity index (χ0v) is 14.0. The molecule has 0 aromatic heterocycles. The highest BCUT2D eigenvalue weighted by Crippen LogP contribution is 2.24. The SMILES string of the molecule is CCCCCCc1cc(C#N)c(C(=O)OC)cc1S(C)(=O)=O. The Morgan fingerprint density at radius 1 is 1.27 bits per heavy atom. The monoisotopic (exact) mass is 323 g/mol. The summed E-state index contributed by atoms with van der Waals surface area (Å²) in [4.78, 5) is 11.8. The van der Waals surface area contributed by atoms with Gasteiger partial charge in [-0.1, -0.05) is 26.2 Å². The third kappa shape index (κ3) is 4.57. The molecule has 0 N–H and O–H groups in total. The van der Waals surface area contributed by atoms with E-state index in [0.717, 1.165) is 31.9 Å². The van der Waals surface area contributed by atoms with E-state index in [1.807, 2.05) is 6.07 Å². The highest BCUT2D eigenvalue weighted by atomic mass is 32.2. The van der Waals surface area contributed by atoms with Crippen molar-refractivity contribution in [1.82, 2.24) is 0 Å². The fraction of sp³-hybridized carbons (Fsp3) is 0.500. The summed E-state index contributed by atoms with van der Waals surface area (Å²) in [6.45, 7) is 2.10. The molecule has 0 spiro atoms. The Hall–Kier alpha value is -1.87. The molecule has 0 aliphatic heterocycles. The van der Waals surface area contributed by atoms with Gasteiger partial charge in [0.2, 0.25) is 0 Å². The molecule has 1 aromatic rings. The molecule has 0 saturated heterocycles. The number of benzene rings is 1. The van der Waals surface area contributed by atoms with Crippen molar-refractivity contribution in [3.05, 3.63) is 28.8 Å². The molecule has 0 atom stereocenters. The second-order valence-electron chi connectivity index (χ2n) is 5.19. The van der Waals surface area contributed by atoms with E-state index in [1.165, 1.54) is 19.2 Å². The standard InChI is InChI=1S/C16H21NO4S/c1-4-5-6-7-8-12-9-13(11-17)14(16(18)21-2)10-15(12)22(3,19)20/h9-10H,4-8H2,1-3H3. The van der Waals surface area contributed by atoms with Gasteiger partial charge < -0.3 is 4.74 Å². The second kappa shape index (κ2) is 7.95. The topological polar surface area (TPSA) is 84.2 Å². The van der Waals surface area contributed by atoms with Crippen LogP contribution in [0.4, 0.5) is 0 Å². The maximum absolute atomic E-state index is 12.0. The number of ether oxygens (including phenoxy) is 1. The number of nitriles is 1. The molecule has 0 saturated carbocycles. The van der Waals surface area contributed by atoms with Gasteiger partial charge in [0, 0.05) is 6.26 Å². The van der Waals surface area contributed by atoms with Gasteiger partial charge in [-0.2, -0.15) is 5.26 Å². The fourth-order valence-electron chi connectivity index (χ4n) is 2.28. The first-order chi connectivity index (χ1) is 10.3. The van der Waals surface area contributed by atoms with Crippen molar-refractivity contribution in [1.29, 1.82) is 5.26 Å². The highest BCUT2D eigenvalue weighted by molar-refractivity contribution is 7.90. The minimum atomic E-state index is -3.48. The minimum absolute atomic E-state index is 0.0114. The van der Waals surface area contributed by atoms with Crippen molar-refractivity contribution >= 4 is 15.8 Å². The predicted molar refractivity (Wildman–Crippen MR) is 83.5 cm³/mol. The lowest BCUT2D eigenvalue weighted by atomic mass is 10.0. The molecule has 1 aromatic carbocycles. The van der Waals surface area contributed by atoms with Gasteiger partial charge in [0.05, 0.1) is 23.1 Å². The predicted octanol–water partition coefficient (Wildman–Crippen LogP) is 2.87. The van der Waals surface area contributed by atoms with Gasteiger partial charge >= 0.3 is 5.97 Å². The lowest BCUT2D eigenvalue weighted by Gasteiger charge is -2.11. The van der Waals surface area contributed by atoms with Crippen LogP contribution in [0.25, 0.3) is 0 Å². The molecule has 1 rings (SSSR count). The Bertz CT molecular complexity index is 687. The quantitative estimate of drug-likeness (QED) is 0.569.